The second kappa shape index (κ2) is 10.8. The lowest BCUT2D eigenvalue weighted by Crippen LogP contribution is -2.54. The maximum absolute atomic E-state index is 14.1. The summed E-state index contributed by atoms with van der Waals surface area (Å²) >= 11 is 0. The number of benzene rings is 1. The summed E-state index contributed by atoms with van der Waals surface area (Å²) in [5.41, 5.74) is 3.44. The van der Waals surface area contributed by atoms with Crippen LogP contribution >= 0.6 is 0 Å². The Morgan fingerprint density at radius 2 is 1.97 bits per heavy atom. The molecule has 0 bridgehead atoms. The number of ether oxygens (including phenoxy) is 2. The molecule has 1 spiro atoms. The molecule has 3 aliphatic rings. The Hall–Kier alpha value is -4.01. The molecular formula is C29H35N5O4. The lowest BCUT2D eigenvalue weighted by atomic mass is 9.86. The molecule has 0 atom stereocenters. The fraction of sp³-hybridized carbons (Fsp3) is 0.414. The van der Waals surface area contributed by atoms with E-state index >= 15 is 0 Å². The third-order valence-corrected chi connectivity index (χ3v) is 7.91. The Morgan fingerprint density at radius 1 is 1.16 bits per heavy atom. The molecule has 0 unspecified atom stereocenters. The smallest absolute Gasteiger partial charge is 0.325 e. The average Bonchev–Trinajstić information content (AvgIpc) is 3.53. The summed E-state index contributed by atoms with van der Waals surface area (Å²) in [5.74, 6) is 1.74. The SMILES string of the molecule is CO/C1=C(c2cn[nH]c2)/C=C\C(N2CC3(CCN(C(C)=O)CC3)N(Cc3cccc(OC)c3)C2=O)=C/CC1. The summed E-state index contributed by atoms with van der Waals surface area (Å²) in [6.45, 7) is 3.97. The fourth-order valence-corrected chi connectivity index (χ4v) is 5.74. The van der Waals surface area contributed by atoms with E-state index in [9.17, 15) is 9.59 Å². The van der Waals surface area contributed by atoms with Crippen LogP contribution in [0.2, 0.25) is 0 Å². The van der Waals surface area contributed by atoms with Crippen molar-refractivity contribution in [1.82, 2.24) is 24.9 Å². The molecule has 2 aromatic rings. The number of H-pyrrole nitrogens is 1. The number of carbonyl (C=O) groups excluding carboxylic acids is 2. The van der Waals surface area contributed by atoms with Crippen LogP contribution < -0.4 is 4.74 Å². The number of hydrogen-bond acceptors (Lipinski definition) is 5. The van der Waals surface area contributed by atoms with E-state index in [2.05, 4.69) is 16.3 Å². The molecule has 2 aliphatic heterocycles. The molecule has 9 heteroatoms. The molecule has 3 heterocycles. The van der Waals surface area contributed by atoms with Crippen molar-refractivity contribution in [2.45, 2.75) is 44.7 Å². The zero-order valence-electron chi connectivity index (χ0n) is 22.3. The molecule has 1 N–H and O–H groups in total. The fourth-order valence-electron chi connectivity index (χ4n) is 5.74. The van der Waals surface area contributed by atoms with Gasteiger partial charge in [0.25, 0.3) is 0 Å². The predicted molar refractivity (Wildman–Crippen MR) is 144 cm³/mol. The molecule has 2 saturated heterocycles. The summed E-state index contributed by atoms with van der Waals surface area (Å²) in [6.07, 6.45) is 12.7. The van der Waals surface area contributed by atoms with Gasteiger partial charge in [0.15, 0.2) is 0 Å². The number of nitrogens with one attached hydrogen (secondary N) is 1. The van der Waals surface area contributed by atoms with E-state index in [1.807, 2.05) is 57.3 Å². The molecule has 9 nitrogen and oxygen atoms in total. The topological polar surface area (TPSA) is 91.0 Å². The molecule has 3 amide bonds. The van der Waals surface area contributed by atoms with Crippen LogP contribution in [0.25, 0.3) is 5.57 Å². The number of piperidine rings is 1. The number of aromatic nitrogens is 2. The van der Waals surface area contributed by atoms with Gasteiger partial charge in [0.1, 0.15) is 11.5 Å². The van der Waals surface area contributed by atoms with Crippen molar-refractivity contribution < 1.29 is 19.1 Å². The van der Waals surface area contributed by atoms with E-state index in [0.717, 1.165) is 59.6 Å². The minimum absolute atomic E-state index is 0.0126. The summed E-state index contributed by atoms with van der Waals surface area (Å²) in [5, 5.41) is 6.97. The molecule has 38 heavy (non-hydrogen) atoms. The van der Waals surface area contributed by atoms with Crippen molar-refractivity contribution >= 4 is 17.5 Å². The summed E-state index contributed by atoms with van der Waals surface area (Å²) in [6, 6.07) is 7.86. The Labute approximate surface area is 223 Å². The van der Waals surface area contributed by atoms with E-state index in [-0.39, 0.29) is 17.5 Å². The first-order valence-electron chi connectivity index (χ1n) is 13.1. The zero-order chi connectivity index (χ0) is 26.7. The van der Waals surface area contributed by atoms with Crippen LogP contribution in [0.15, 0.2) is 66.3 Å². The third kappa shape index (κ3) is 4.92. The number of likely N-dealkylation sites (tertiary alicyclic amines) is 1. The lowest BCUT2D eigenvalue weighted by molar-refractivity contribution is -0.131. The Balaban J connectivity index is 1.46. The molecular weight excluding hydrogens is 482 g/mol. The number of aromatic amines is 1. The normalized spacial score (nSPS) is 23.6. The first-order valence-corrected chi connectivity index (χ1v) is 13.1. The number of rotatable bonds is 6. The van der Waals surface area contributed by atoms with Gasteiger partial charge in [-0.3, -0.25) is 14.8 Å². The van der Waals surface area contributed by atoms with Crippen molar-refractivity contribution in [3.8, 4) is 5.75 Å². The van der Waals surface area contributed by atoms with Crippen molar-refractivity contribution in [2.24, 2.45) is 0 Å². The number of methoxy groups -OCH3 is 2. The quantitative estimate of drug-likeness (QED) is 0.616. The van der Waals surface area contributed by atoms with Gasteiger partial charge in [0.05, 0.1) is 32.5 Å². The Morgan fingerprint density at radius 3 is 2.66 bits per heavy atom. The second-order valence-corrected chi connectivity index (χ2v) is 10.1. The highest BCUT2D eigenvalue weighted by atomic mass is 16.5. The third-order valence-electron chi connectivity index (χ3n) is 7.91. The van der Waals surface area contributed by atoms with Gasteiger partial charge in [-0.15, -0.1) is 0 Å². The summed E-state index contributed by atoms with van der Waals surface area (Å²) < 4.78 is 11.1. The lowest BCUT2D eigenvalue weighted by Gasteiger charge is -2.43. The Kier molecular flexibility index (Phi) is 7.26. The molecule has 0 saturated carbocycles. The zero-order valence-corrected chi connectivity index (χ0v) is 22.3. The van der Waals surface area contributed by atoms with Gasteiger partial charge in [0, 0.05) is 56.0 Å². The monoisotopic (exact) mass is 517 g/mol. The largest absolute Gasteiger partial charge is 0.500 e. The van der Waals surface area contributed by atoms with E-state index < -0.39 is 0 Å². The first kappa shape index (κ1) is 25.6. The van der Waals surface area contributed by atoms with Crippen LogP contribution in [-0.2, 0) is 16.1 Å². The maximum atomic E-state index is 14.1. The molecule has 1 aromatic heterocycles. The van der Waals surface area contributed by atoms with Crippen molar-refractivity contribution in [3.05, 3.63) is 77.5 Å². The number of allylic oxidation sites excluding steroid dienone is 5. The molecule has 5 rings (SSSR count). The first-order chi connectivity index (χ1) is 18.4. The highest BCUT2D eigenvalue weighted by Gasteiger charge is 2.51. The van der Waals surface area contributed by atoms with Crippen LogP contribution in [0.3, 0.4) is 0 Å². The van der Waals surface area contributed by atoms with Crippen LogP contribution in [0, 0.1) is 0 Å². The van der Waals surface area contributed by atoms with Gasteiger partial charge in [0.2, 0.25) is 5.91 Å². The highest BCUT2D eigenvalue weighted by molar-refractivity contribution is 5.82. The summed E-state index contributed by atoms with van der Waals surface area (Å²) in [7, 11) is 3.34. The van der Waals surface area contributed by atoms with E-state index in [4.69, 9.17) is 9.47 Å². The number of nitrogens with zero attached hydrogens (tertiary/aromatic N) is 4. The number of hydrogen-bond donors (Lipinski definition) is 1. The van der Waals surface area contributed by atoms with Crippen LogP contribution in [0.5, 0.6) is 5.75 Å². The Bertz CT molecular complexity index is 1270. The van der Waals surface area contributed by atoms with Gasteiger partial charge in [-0.25, -0.2) is 4.79 Å². The van der Waals surface area contributed by atoms with Crippen LogP contribution in [0.4, 0.5) is 4.79 Å². The van der Waals surface area contributed by atoms with E-state index in [1.54, 1.807) is 27.3 Å². The van der Waals surface area contributed by atoms with E-state index in [0.29, 0.717) is 26.2 Å². The van der Waals surface area contributed by atoms with Crippen molar-refractivity contribution in [2.75, 3.05) is 33.9 Å². The summed E-state index contributed by atoms with van der Waals surface area (Å²) in [4.78, 5) is 31.9. The molecule has 1 aliphatic carbocycles. The minimum Gasteiger partial charge on any atom is -0.500 e. The van der Waals surface area contributed by atoms with Crippen molar-refractivity contribution in [3.63, 3.8) is 0 Å². The number of urea groups is 1. The number of amides is 3. The minimum atomic E-state index is -0.357. The van der Waals surface area contributed by atoms with E-state index in [1.165, 1.54) is 0 Å². The maximum Gasteiger partial charge on any atom is 0.325 e. The van der Waals surface area contributed by atoms with Crippen molar-refractivity contribution in [1.29, 1.82) is 0 Å². The van der Waals surface area contributed by atoms with Crippen LogP contribution in [-0.4, -0.2) is 76.2 Å². The highest BCUT2D eigenvalue weighted by Crippen LogP contribution is 2.40. The average molecular weight is 518 g/mol. The van der Waals surface area contributed by atoms with Gasteiger partial charge in [-0.1, -0.05) is 18.2 Å². The second-order valence-electron chi connectivity index (χ2n) is 10.1. The molecule has 0 radical (unpaired) electrons. The van der Waals surface area contributed by atoms with Crippen LogP contribution in [0.1, 0.15) is 43.7 Å². The predicted octanol–water partition coefficient (Wildman–Crippen LogP) is 4.33. The van der Waals surface area contributed by atoms with Gasteiger partial charge in [-0.05, 0) is 49.1 Å². The van der Waals surface area contributed by atoms with Gasteiger partial charge >= 0.3 is 6.03 Å². The molecule has 2 fully saturated rings. The molecule has 200 valence electrons. The van der Waals surface area contributed by atoms with Gasteiger partial charge < -0.3 is 19.3 Å². The number of carbonyl (C=O) groups is 2. The molecule has 1 aromatic carbocycles. The standard InChI is InChI=1S/C29H35N5O4/c1-21(35)32-14-12-29(13-15-32)20-33(28(36)34(29)19-22-6-4-8-25(16-22)37-2)24-7-5-9-27(38-3)26(11-10-24)23-17-30-31-18-23/h4,6-8,10-11,16-18H,5,9,12-15,19-20H2,1-3H3,(H,30,31)/b11-10-,24-7+,27-26-. The van der Waals surface area contributed by atoms with Gasteiger partial charge in [-0.2, -0.15) is 5.10 Å².